The molecular formula is C19H15N5O3S. The van der Waals surface area contributed by atoms with Crippen molar-refractivity contribution in [3.05, 3.63) is 59.2 Å². The summed E-state index contributed by atoms with van der Waals surface area (Å²) in [4.78, 5) is 13.7. The van der Waals surface area contributed by atoms with Crippen molar-refractivity contribution < 1.29 is 14.3 Å². The van der Waals surface area contributed by atoms with Gasteiger partial charge in [-0.1, -0.05) is 12.1 Å². The van der Waals surface area contributed by atoms with Crippen LogP contribution >= 0.6 is 11.3 Å². The van der Waals surface area contributed by atoms with Gasteiger partial charge in [0, 0.05) is 0 Å². The van der Waals surface area contributed by atoms with Crippen molar-refractivity contribution in [2.75, 3.05) is 13.2 Å². The molecule has 0 atom stereocenters. The zero-order valence-electron chi connectivity index (χ0n) is 14.7. The molecule has 0 spiro atoms. The molecule has 3 aromatic heterocycles. The molecule has 0 saturated heterocycles. The second kappa shape index (κ2) is 6.93. The average molecular weight is 393 g/mol. The van der Waals surface area contributed by atoms with Gasteiger partial charge in [-0.05, 0) is 35.7 Å². The average Bonchev–Trinajstić information content (AvgIpc) is 3.41. The number of para-hydroxylation sites is 1. The first-order valence-electron chi connectivity index (χ1n) is 8.71. The lowest BCUT2D eigenvalue weighted by molar-refractivity contribution is 0.0938. The zero-order chi connectivity index (χ0) is 18.9. The van der Waals surface area contributed by atoms with Gasteiger partial charge in [0.2, 0.25) is 0 Å². The van der Waals surface area contributed by atoms with E-state index in [-0.39, 0.29) is 12.5 Å². The number of hydrogen-bond acceptors (Lipinski definition) is 7. The second-order valence-electron chi connectivity index (χ2n) is 6.09. The number of fused-ring (bicyclic) bond motifs is 2. The van der Waals surface area contributed by atoms with Crippen molar-refractivity contribution in [1.82, 2.24) is 25.1 Å². The SMILES string of the molecule is O=C(NCc1nnc2ccc(-c3cccs3)nn12)c1cccc2c1OCCO2. The Kier molecular flexibility index (Phi) is 4.13. The first-order valence-corrected chi connectivity index (χ1v) is 9.59. The molecule has 0 saturated carbocycles. The molecule has 0 aliphatic carbocycles. The molecule has 1 amide bonds. The molecule has 28 heavy (non-hydrogen) atoms. The number of carbonyl (C=O) groups excluding carboxylic acids is 1. The molecule has 8 nitrogen and oxygen atoms in total. The molecule has 4 aromatic rings. The van der Waals surface area contributed by atoms with Gasteiger partial charge in [-0.3, -0.25) is 4.79 Å². The number of thiophene rings is 1. The van der Waals surface area contributed by atoms with Crippen molar-refractivity contribution in [2.45, 2.75) is 6.54 Å². The van der Waals surface area contributed by atoms with Crippen LogP contribution in [0.25, 0.3) is 16.2 Å². The normalized spacial score (nSPS) is 12.9. The summed E-state index contributed by atoms with van der Waals surface area (Å²) in [6.45, 7) is 1.08. The maximum atomic E-state index is 12.7. The minimum Gasteiger partial charge on any atom is -0.486 e. The Morgan fingerprint density at radius 3 is 2.93 bits per heavy atom. The van der Waals surface area contributed by atoms with Crippen LogP contribution in [0.5, 0.6) is 11.5 Å². The first kappa shape index (κ1) is 16.7. The maximum absolute atomic E-state index is 12.7. The number of hydrogen-bond donors (Lipinski definition) is 1. The summed E-state index contributed by atoms with van der Waals surface area (Å²) in [7, 11) is 0. The summed E-state index contributed by atoms with van der Waals surface area (Å²) < 4.78 is 12.8. The van der Waals surface area contributed by atoms with Crippen LogP contribution in [0.1, 0.15) is 16.2 Å². The highest BCUT2D eigenvalue weighted by atomic mass is 32.1. The standard InChI is InChI=1S/C19H15N5O3S/c25-19(12-3-1-4-14-18(12)27-9-8-26-14)20-11-17-22-21-16-7-6-13(23-24(16)17)15-5-2-10-28-15/h1-7,10H,8-9,11H2,(H,20,25). The van der Waals surface area contributed by atoms with E-state index >= 15 is 0 Å². The van der Waals surface area contributed by atoms with Gasteiger partial charge in [-0.25, -0.2) is 0 Å². The largest absolute Gasteiger partial charge is 0.486 e. The van der Waals surface area contributed by atoms with Crippen LogP contribution in [-0.2, 0) is 6.54 Å². The number of amides is 1. The molecule has 1 aliphatic rings. The van der Waals surface area contributed by atoms with Gasteiger partial charge in [-0.15, -0.1) is 21.5 Å². The molecule has 0 unspecified atom stereocenters. The van der Waals surface area contributed by atoms with Crippen LogP contribution in [0.15, 0.2) is 47.8 Å². The summed E-state index contributed by atoms with van der Waals surface area (Å²) in [6.07, 6.45) is 0. The lowest BCUT2D eigenvalue weighted by Crippen LogP contribution is -2.26. The highest BCUT2D eigenvalue weighted by Crippen LogP contribution is 2.33. The number of aromatic nitrogens is 4. The summed E-state index contributed by atoms with van der Waals surface area (Å²) >= 11 is 1.61. The highest BCUT2D eigenvalue weighted by Gasteiger charge is 2.20. The van der Waals surface area contributed by atoms with Crippen LogP contribution in [0.4, 0.5) is 0 Å². The summed E-state index contributed by atoms with van der Waals surface area (Å²) in [5.41, 5.74) is 1.88. The predicted octanol–water partition coefficient (Wildman–Crippen LogP) is 2.55. The lowest BCUT2D eigenvalue weighted by atomic mass is 10.1. The molecule has 4 heterocycles. The van der Waals surface area contributed by atoms with E-state index < -0.39 is 0 Å². The smallest absolute Gasteiger partial charge is 0.255 e. The fourth-order valence-electron chi connectivity index (χ4n) is 3.01. The van der Waals surface area contributed by atoms with Crippen molar-refractivity contribution in [3.63, 3.8) is 0 Å². The molecule has 0 radical (unpaired) electrons. The first-order chi connectivity index (χ1) is 13.8. The number of rotatable bonds is 4. The van der Waals surface area contributed by atoms with E-state index in [2.05, 4.69) is 20.6 Å². The number of nitrogens with one attached hydrogen (secondary N) is 1. The van der Waals surface area contributed by atoms with E-state index in [0.29, 0.717) is 41.7 Å². The maximum Gasteiger partial charge on any atom is 0.255 e. The van der Waals surface area contributed by atoms with Crippen LogP contribution in [-0.4, -0.2) is 38.9 Å². The van der Waals surface area contributed by atoms with E-state index in [1.54, 1.807) is 34.1 Å². The Bertz CT molecular complexity index is 1160. The number of benzene rings is 1. The quantitative estimate of drug-likeness (QED) is 0.573. The molecule has 0 bridgehead atoms. The van der Waals surface area contributed by atoms with E-state index in [1.807, 2.05) is 29.6 Å². The fourth-order valence-corrected chi connectivity index (χ4v) is 3.70. The van der Waals surface area contributed by atoms with Gasteiger partial charge in [0.05, 0.1) is 17.0 Å². The number of carbonyl (C=O) groups is 1. The van der Waals surface area contributed by atoms with Gasteiger partial charge in [0.1, 0.15) is 18.9 Å². The van der Waals surface area contributed by atoms with Crippen LogP contribution in [0.2, 0.25) is 0 Å². The molecule has 9 heteroatoms. The monoisotopic (exact) mass is 393 g/mol. The number of ether oxygens (including phenoxy) is 2. The highest BCUT2D eigenvalue weighted by molar-refractivity contribution is 7.13. The molecule has 1 aliphatic heterocycles. The molecule has 1 aromatic carbocycles. The van der Waals surface area contributed by atoms with Gasteiger partial charge in [-0.2, -0.15) is 9.61 Å². The van der Waals surface area contributed by atoms with Crippen LogP contribution in [0, 0.1) is 0 Å². The minimum absolute atomic E-state index is 0.186. The summed E-state index contributed by atoms with van der Waals surface area (Å²) in [5, 5.41) is 17.7. The molecule has 140 valence electrons. The molecule has 0 fully saturated rings. The molecular weight excluding hydrogens is 378 g/mol. The summed E-state index contributed by atoms with van der Waals surface area (Å²) in [5.74, 6) is 1.32. The van der Waals surface area contributed by atoms with Crippen molar-refractivity contribution in [1.29, 1.82) is 0 Å². The van der Waals surface area contributed by atoms with Crippen molar-refractivity contribution >= 4 is 22.9 Å². The third-order valence-electron chi connectivity index (χ3n) is 4.32. The van der Waals surface area contributed by atoms with Gasteiger partial charge in [0.25, 0.3) is 5.91 Å². The predicted molar refractivity (Wildman–Crippen MR) is 103 cm³/mol. The van der Waals surface area contributed by atoms with Gasteiger partial charge >= 0.3 is 0 Å². The van der Waals surface area contributed by atoms with E-state index in [0.717, 1.165) is 10.6 Å². The third-order valence-corrected chi connectivity index (χ3v) is 5.21. The van der Waals surface area contributed by atoms with E-state index in [9.17, 15) is 4.79 Å². The Hall–Kier alpha value is -3.46. The third kappa shape index (κ3) is 2.95. The fraction of sp³-hybridized carbons (Fsp3) is 0.158. The Balaban J connectivity index is 1.39. The number of nitrogens with zero attached hydrogens (tertiary/aromatic N) is 4. The minimum atomic E-state index is -0.270. The Labute approximate surface area is 163 Å². The zero-order valence-corrected chi connectivity index (χ0v) is 15.5. The van der Waals surface area contributed by atoms with Gasteiger partial charge < -0.3 is 14.8 Å². The summed E-state index contributed by atoms with van der Waals surface area (Å²) in [6, 6.07) is 13.0. The van der Waals surface area contributed by atoms with Crippen LogP contribution < -0.4 is 14.8 Å². The topological polar surface area (TPSA) is 90.6 Å². The van der Waals surface area contributed by atoms with E-state index in [4.69, 9.17) is 9.47 Å². The second-order valence-corrected chi connectivity index (χ2v) is 7.04. The Morgan fingerprint density at radius 1 is 1.11 bits per heavy atom. The van der Waals surface area contributed by atoms with Crippen molar-refractivity contribution in [2.24, 2.45) is 0 Å². The van der Waals surface area contributed by atoms with Crippen LogP contribution in [0.3, 0.4) is 0 Å². The molecule has 5 rings (SSSR count). The van der Waals surface area contributed by atoms with Crippen molar-refractivity contribution in [3.8, 4) is 22.1 Å². The van der Waals surface area contributed by atoms with Gasteiger partial charge in [0.15, 0.2) is 23.0 Å². The van der Waals surface area contributed by atoms with E-state index in [1.165, 1.54) is 0 Å². The lowest BCUT2D eigenvalue weighted by Gasteiger charge is -2.20. The Morgan fingerprint density at radius 2 is 2.04 bits per heavy atom. The molecule has 1 N–H and O–H groups in total.